The van der Waals surface area contributed by atoms with Gasteiger partial charge in [-0.1, -0.05) is 49.4 Å². The van der Waals surface area contributed by atoms with Crippen LogP contribution in [-0.4, -0.2) is 10.8 Å². The number of fused-ring (bicyclic) bond motifs is 2. The van der Waals surface area contributed by atoms with Crippen molar-refractivity contribution < 1.29 is 4.79 Å². The molecule has 104 valence electrons. The van der Waals surface area contributed by atoms with Gasteiger partial charge >= 0.3 is 0 Å². The molecule has 0 radical (unpaired) electrons. The van der Waals surface area contributed by atoms with Crippen molar-refractivity contribution in [3.05, 3.63) is 70.9 Å². The van der Waals surface area contributed by atoms with Crippen molar-refractivity contribution in [1.29, 1.82) is 0 Å². The van der Waals surface area contributed by atoms with Gasteiger partial charge in [0.25, 0.3) is 0 Å². The first-order chi connectivity index (χ1) is 10.3. The normalized spacial score (nSPS) is 16.5. The van der Waals surface area contributed by atoms with Gasteiger partial charge in [-0.05, 0) is 29.5 Å². The van der Waals surface area contributed by atoms with Crippen LogP contribution in [0.1, 0.15) is 39.9 Å². The van der Waals surface area contributed by atoms with Gasteiger partial charge in [0.05, 0.1) is 5.92 Å². The molecule has 1 aliphatic rings. The zero-order valence-electron chi connectivity index (χ0n) is 12.0. The number of ketones is 1. The van der Waals surface area contributed by atoms with Crippen LogP contribution in [-0.2, 0) is 12.8 Å². The van der Waals surface area contributed by atoms with Crippen LogP contribution in [0.15, 0.2) is 48.7 Å². The summed E-state index contributed by atoms with van der Waals surface area (Å²) < 4.78 is 0. The minimum absolute atomic E-state index is 0.0329. The SMILES string of the molecule is CCc1cccc2c(C(=O)C3Cc4ccccc43)c[nH]c12. The molecule has 0 saturated carbocycles. The van der Waals surface area contributed by atoms with E-state index in [0.717, 1.165) is 29.3 Å². The third-order valence-corrected chi connectivity index (χ3v) is 4.62. The monoisotopic (exact) mass is 275 g/mol. The second-order valence-corrected chi connectivity index (χ2v) is 5.72. The van der Waals surface area contributed by atoms with E-state index in [-0.39, 0.29) is 11.7 Å². The number of Topliss-reactive ketones (excluding diaryl/α,β-unsaturated/α-hetero) is 1. The Bertz CT molecular complexity index is 844. The summed E-state index contributed by atoms with van der Waals surface area (Å²) in [5.74, 6) is 0.277. The summed E-state index contributed by atoms with van der Waals surface area (Å²) >= 11 is 0. The standard InChI is InChI=1S/C19H17NO/c1-2-12-7-5-9-15-17(11-20-18(12)15)19(21)16-10-13-6-3-4-8-14(13)16/h3-9,11,16,20H,2,10H2,1H3. The van der Waals surface area contributed by atoms with Crippen molar-refractivity contribution in [2.45, 2.75) is 25.7 Å². The zero-order valence-corrected chi connectivity index (χ0v) is 12.0. The number of para-hydroxylation sites is 1. The maximum atomic E-state index is 12.8. The van der Waals surface area contributed by atoms with Gasteiger partial charge in [0.15, 0.2) is 5.78 Å². The molecule has 1 N–H and O–H groups in total. The number of carbonyl (C=O) groups is 1. The fourth-order valence-corrected chi connectivity index (χ4v) is 3.40. The maximum absolute atomic E-state index is 12.8. The summed E-state index contributed by atoms with van der Waals surface area (Å²) in [4.78, 5) is 16.1. The molecule has 2 nitrogen and oxygen atoms in total. The van der Waals surface area contributed by atoms with Gasteiger partial charge in [-0.3, -0.25) is 4.79 Å². The van der Waals surface area contributed by atoms with E-state index in [4.69, 9.17) is 0 Å². The Morgan fingerprint density at radius 3 is 2.86 bits per heavy atom. The number of hydrogen-bond donors (Lipinski definition) is 1. The van der Waals surface area contributed by atoms with Gasteiger partial charge in [0.2, 0.25) is 0 Å². The smallest absolute Gasteiger partial charge is 0.172 e. The fourth-order valence-electron chi connectivity index (χ4n) is 3.40. The molecular formula is C19H17NO. The van der Waals surface area contributed by atoms with Crippen molar-refractivity contribution >= 4 is 16.7 Å². The lowest BCUT2D eigenvalue weighted by Gasteiger charge is -2.28. The zero-order chi connectivity index (χ0) is 14.4. The molecule has 0 spiro atoms. The van der Waals surface area contributed by atoms with E-state index in [9.17, 15) is 4.79 Å². The summed E-state index contributed by atoms with van der Waals surface area (Å²) in [5, 5.41) is 1.06. The van der Waals surface area contributed by atoms with Crippen LogP contribution in [0.2, 0.25) is 0 Å². The van der Waals surface area contributed by atoms with Crippen LogP contribution in [0.4, 0.5) is 0 Å². The minimum Gasteiger partial charge on any atom is -0.360 e. The minimum atomic E-state index is 0.0329. The summed E-state index contributed by atoms with van der Waals surface area (Å²) in [5.41, 5.74) is 5.71. The van der Waals surface area contributed by atoms with Crippen molar-refractivity contribution in [1.82, 2.24) is 4.98 Å². The predicted octanol–water partition coefficient (Wildman–Crippen LogP) is 4.25. The van der Waals surface area contributed by atoms with E-state index in [2.05, 4.69) is 30.1 Å². The number of rotatable bonds is 3. The van der Waals surface area contributed by atoms with Gasteiger partial charge in [-0.2, -0.15) is 0 Å². The lowest BCUT2D eigenvalue weighted by Crippen LogP contribution is -2.25. The van der Waals surface area contributed by atoms with Crippen LogP contribution in [0.3, 0.4) is 0 Å². The molecule has 0 bridgehead atoms. The highest BCUT2D eigenvalue weighted by Crippen LogP contribution is 2.38. The molecule has 0 amide bonds. The van der Waals surface area contributed by atoms with Crippen molar-refractivity contribution in [2.75, 3.05) is 0 Å². The van der Waals surface area contributed by atoms with E-state index < -0.39 is 0 Å². The third-order valence-electron chi connectivity index (χ3n) is 4.62. The Labute approximate surface area is 123 Å². The van der Waals surface area contributed by atoms with Crippen LogP contribution < -0.4 is 0 Å². The molecule has 4 rings (SSSR count). The number of aromatic nitrogens is 1. The Morgan fingerprint density at radius 2 is 2.05 bits per heavy atom. The molecule has 0 aliphatic heterocycles. The Morgan fingerprint density at radius 1 is 1.19 bits per heavy atom. The molecular weight excluding hydrogens is 258 g/mol. The highest BCUT2D eigenvalue weighted by Gasteiger charge is 2.33. The number of hydrogen-bond acceptors (Lipinski definition) is 1. The van der Waals surface area contributed by atoms with E-state index in [1.165, 1.54) is 16.7 Å². The highest BCUT2D eigenvalue weighted by atomic mass is 16.1. The van der Waals surface area contributed by atoms with Crippen LogP contribution in [0.5, 0.6) is 0 Å². The van der Waals surface area contributed by atoms with E-state index >= 15 is 0 Å². The van der Waals surface area contributed by atoms with Gasteiger partial charge in [0.1, 0.15) is 0 Å². The molecule has 1 aromatic heterocycles. The van der Waals surface area contributed by atoms with Crippen LogP contribution in [0.25, 0.3) is 10.9 Å². The first-order valence-electron chi connectivity index (χ1n) is 7.50. The van der Waals surface area contributed by atoms with Gasteiger partial charge in [-0.25, -0.2) is 0 Å². The molecule has 1 unspecified atom stereocenters. The first-order valence-corrected chi connectivity index (χ1v) is 7.50. The van der Waals surface area contributed by atoms with E-state index in [1.54, 1.807) is 0 Å². The Balaban J connectivity index is 1.77. The lowest BCUT2D eigenvalue weighted by atomic mass is 9.74. The number of benzene rings is 2. The molecule has 3 aromatic rings. The average Bonchev–Trinajstić information content (AvgIpc) is 2.92. The Kier molecular flexibility index (Phi) is 2.71. The average molecular weight is 275 g/mol. The predicted molar refractivity (Wildman–Crippen MR) is 84.9 cm³/mol. The van der Waals surface area contributed by atoms with Crippen molar-refractivity contribution in [3.63, 3.8) is 0 Å². The van der Waals surface area contributed by atoms with Crippen molar-refractivity contribution in [2.24, 2.45) is 0 Å². The second kappa shape index (κ2) is 4.59. The lowest BCUT2D eigenvalue weighted by molar-refractivity contribution is 0.0950. The second-order valence-electron chi connectivity index (χ2n) is 5.72. The Hall–Kier alpha value is -2.35. The molecule has 2 aromatic carbocycles. The molecule has 2 heteroatoms. The summed E-state index contributed by atoms with van der Waals surface area (Å²) in [6.07, 6.45) is 3.72. The molecule has 21 heavy (non-hydrogen) atoms. The molecule has 0 fully saturated rings. The molecule has 1 atom stereocenters. The van der Waals surface area contributed by atoms with Gasteiger partial charge in [-0.15, -0.1) is 0 Å². The maximum Gasteiger partial charge on any atom is 0.172 e. The molecule has 0 saturated heterocycles. The number of H-pyrrole nitrogens is 1. The summed E-state index contributed by atoms with van der Waals surface area (Å²) in [6, 6.07) is 14.5. The number of aromatic amines is 1. The summed E-state index contributed by atoms with van der Waals surface area (Å²) in [6.45, 7) is 2.14. The quantitative estimate of drug-likeness (QED) is 0.712. The highest BCUT2D eigenvalue weighted by molar-refractivity contribution is 6.12. The van der Waals surface area contributed by atoms with Gasteiger partial charge < -0.3 is 4.98 Å². The topological polar surface area (TPSA) is 32.9 Å². The van der Waals surface area contributed by atoms with Gasteiger partial charge in [0, 0.05) is 22.7 Å². The fraction of sp³-hybridized carbons (Fsp3) is 0.211. The van der Waals surface area contributed by atoms with E-state index in [1.807, 2.05) is 30.5 Å². The number of carbonyl (C=O) groups excluding carboxylic acids is 1. The number of aryl methyl sites for hydroxylation is 1. The van der Waals surface area contributed by atoms with Crippen LogP contribution in [0, 0.1) is 0 Å². The third kappa shape index (κ3) is 1.75. The first kappa shape index (κ1) is 12.4. The number of nitrogens with one attached hydrogen (secondary N) is 1. The summed E-state index contributed by atoms with van der Waals surface area (Å²) in [7, 11) is 0. The van der Waals surface area contributed by atoms with E-state index in [0.29, 0.717) is 0 Å². The van der Waals surface area contributed by atoms with Crippen LogP contribution >= 0.6 is 0 Å². The van der Waals surface area contributed by atoms with Crippen molar-refractivity contribution in [3.8, 4) is 0 Å². The largest absolute Gasteiger partial charge is 0.360 e. The molecule has 1 heterocycles. The molecule has 1 aliphatic carbocycles.